The second-order valence-corrected chi connectivity index (χ2v) is 8.35. The molecule has 5 aromatic rings. The molecule has 0 unspecified atom stereocenters. The number of hydrogen-bond acceptors (Lipinski definition) is 5. The highest BCUT2D eigenvalue weighted by molar-refractivity contribution is 5.95. The van der Waals surface area contributed by atoms with Gasteiger partial charge in [0.05, 0.1) is 18.5 Å². The van der Waals surface area contributed by atoms with Crippen molar-refractivity contribution in [1.29, 1.82) is 0 Å². The summed E-state index contributed by atoms with van der Waals surface area (Å²) >= 11 is 0. The van der Waals surface area contributed by atoms with E-state index >= 15 is 0 Å². The van der Waals surface area contributed by atoms with Crippen LogP contribution in [-0.4, -0.2) is 35.9 Å². The van der Waals surface area contributed by atoms with Crippen molar-refractivity contribution in [2.75, 3.05) is 31.2 Å². The fourth-order valence-electron chi connectivity index (χ4n) is 4.11. The van der Waals surface area contributed by atoms with Gasteiger partial charge in [-0.1, -0.05) is 36.4 Å². The fourth-order valence-corrected chi connectivity index (χ4v) is 4.11. The van der Waals surface area contributed by atoms with Crippen molar-refractivity contribution >= 4 is 28.2 Å². The molecular formula is C29H27N5O2. The standard InChI is InChI=1S/C29H27N5O2/c1-36-24-15-11-21(12-16-24)27-19-28(30)34(33-27)23-13-9-22(10-14-23)29(35)32-18-17-31-26-8-4-6-20-5-2-3-7-25(20)26/h2-16,19,31H,17-18,30H2,1H3,(H,32,35). The molecule has 1 aromatic heterocycles. The molecule has 0 atom stereocenters. The number of rotatable bonds is 8. The number of nitrogens with one attached hydrogen (secondary N) is 2. The monoisotopic (exact) mass is 477 g/mol. The molecule has 0 fully saturated rings. The molecule has 0 radical (unpaired) electrons. The molecule has 4 N–H and O–H groups in total. The summed E-state index contributed by atoms with van der Waals surface area (Å²) in [6.07, 6.45) is 0. The van der Waals surface area contributed by atoms with Crippen molar-refractivity contribution in [3.05, 3.63) is 103 Å². The first-order valence-corrected chi connectivity index (χ1v) is 11.7. The molecule has 36 heavy (non-hydrogen) atoms. The second kappa shape index (κ2) is 10.2. The van der Waals surface area contributed by atoms with Crippen LogP contribution in [0.25, 0.3) is 27.7 Å². The molecule has 0 spiro atoms. The zero-order valence-electron chi connectivity index (χ0n) is 19.9. The number of ether oxygens (including phenoxy) is 1. The van der Waals surface area contributed by atoms with Crippen LogP contribution >= 0.6 is 0 Å². The number of fused-ring (bicyclic) bond motifs is 1. The van der Waals surface area contributed by atoms with E-state index in [4.69, 9.17) is 10.5 Å². The van der Waals surface area contributed by atoms with Gasteiger partial charge >= 0.3 is 0 Å². The average Bonchev–Trinajstić information content (AvgIpc) is 3.32. The normalized spacial score (nSPS) is 10.8. The lowest BCUT2D eigenvalue weighted by molar-refractivity contribution is 0.0955. The highest BCUT2D eigenvalue weighted by Gasteiger charge is 2.11. The van der Waals surface area contributed by atoms with Gasteiger partial charge in [0.25, 0.3) is 5.91 Å². The third-order valence-corrected chi connectivity index (χ3v) is 6.01. The highest BCUT2D eigenvalue weighted by atomic mass is 16.5. The number of carbonyl (C=O) groups is 1. The van der Waals surface area contributed by atoms with E-state index < -0.39 is 0 Å². The van der Waals surface area contributed by atoms with E-state index in [1.165, 1.54) is 5.39 Å². The molecule has 0 saturated heterocycles. The molecule has 7 nitrogen and oxygen atoms in total. The maximum atomic E-state index is 12.6. The molecule has 0 bridgehead atoms. The fraction of sp³-hybridized carbons (Fsp3) is 0.103. The summed E-state index contributed by atoms with van der Waals surface area (Å²) in [5, 5.41) is 13.3. The quantitative estimate of drug-likeness (QED) is 0.270. The topological polar surface area (TPSA) is 94.2 Å². The third-order valence-electron chi connectivity index (χ3n) is 6.01. The lowest BCUT2D eigenvalue weighted by Crippen LogP contribution is -2.28. The van der Waals surface area contributed by atoms with Gasteiger partial charge in [0.15, 0.2) is 0 Å². The first-order valence-electron chi connectivity index (χ1n) is 11.7. The van der Waals surface area contributed by atoms with Gasteiger partial charge < -0.3 is 21.1 Å². The van der Waals surface area contributed by atoms with Crippen LogP contribution in [0.2, 0.25) is 0 Å². The first kappa shape index (κ1) is 23.0. The Morgan fingerprint density at radius 3 is 2.44 bits per heavy atom. The number of nitrogen functional groups attached to an aromatic ring is 1. The number of aromatic nitrogens is 2. The minimum absolute atomic E-state index is 0.131. The van der Waals surface area contributed by atoms with Crippen LogP contribution < -0.4 is 21.1 Å². The lowest BCUT2D eigenvalue weighted by Gasteiger charge is -2.11. The predicted molar refractivity (Wildman–Crippen MR) is 145 cm³/mol. The molecule has 0 saturated carbocycles. The molecule has 1 amide bonds. The van der Waals surface area contributed by atoms with E-state index in [9.17, 15) is 4.79 Å². The number of nitrogens with two attached hydrogens (primary N) is 1. The minimum Gasteiger partial charge on any atom is -0.497 e. The summed E-state index contributed by atoms with van der Waals surface area (Å²) < 4.78 is 6.88. The number of benzene rings is 4. The van der Waals surface area contributed by atoms with Crippen molar-refractivity contribution in [3.63, 3.8) is 0 Å². The molecule has 0 aliphatic heterocycles. The molecular weight excluding hydrogens is 450 g/mol. The summed E-state index contributed by atoms with van der Waals surface area (Å²) in [5.41, 5.74) is 10.3. The summed E-state index contributed by atoms with van der Waals surface area (Å²) in [5.74, 6) is 1.16. The summed E-state index contributed by atoms with van der Waals surface area (Å²) in [4.78, 5) is 12.6. The van der Waals surface area contributed by atoms with Gasteiger partial charge in [0, 0.05) is 41.4 Å². The van der Waals surface area contributed by atoms with Crippen LogP contribution in [0.5, 0.6) is 5.75 Å². The molecule has 180 valence electrons. The lowest BCUT2D eigenvalue weighted by atomic mass is 10.1. The van der Waals surface area contributed by atoms with Gasteiger partial charge in [0.2, 0.25) is 0 Å². The van der Waals surface area contributed by atoms with E-state index in [0.717, 1.165) is 33.8 Å². The van der Waals surface area contributed by atoms with Crippen molar-refractivity contribution in [3.8, 4) is 22.7 Å². The largest absolute Gasteiger partial charge is 0.497 e. The number of anilines is 2. The summed E-state index contributed by atoms with van der Waals surface area (Å²) in [7, 11) is 1.63. The van der Waals surface area contributed by atoms with Gasteiger partial charge in [-0.2, -0.15) is 5.10 Å². The Morgan fingerprint density at radius 1 is 0.917 bits per heavy atom. The zero-order chi connectivity index (χ0) is 24.9. The van der Waals surface area contributed by atoms with Crippen LogP contribution in [0.15, 0.2) is 97.1 Å². The Morgan fingerprint density at radius 2 is 1.67 bits per heavy atom. The van der Waals surface area contributed by atoms with Gasteiger partial charge in [-0.25, -0.2) is 4.68 Å². The molecule has 0 aliphatic rings. The van der Waals surface area contributed by atoms with Crippen molar-refractivity contribution in [1.82, 2.24) is 15.1 Å². The molecule has 0 aliphatic carbocycles. The number of nitrogens with zero attached hydrogens (tertiary/aromatic N) is 2. The van der Waals surface area contributed by atoms with E-state index in [1.807, 2.05) is 66.7 Å². The van der Waals surface area contributed by atoms with Crippen LogP contribution in [0.4, 0.5) is 11.5 Å². The van der Waals surface area contributed by atoms with E-state index in [2.05, 4.69) is 33.9 Å². The van der Waals surface area contributed by atoms with Crippen LogP contribution in [0, 0.1) is 0 Å². The number of hydrogen-bond donors (Lipinski definition) is 3. The first-order chi connectivity index (χ1) is 17.6. The Hall–Kier alpha value is -4.78. The second-order valence-electron chi connectivity index (χ2n) is 8.35. The van der Waals surface area contributed by atoms with Gasteiger partial charge in [-0.3, -0.25) is 4.79 Å². The number of carbonyl (C=O) groups excluding carboxylic acids is 1. The van der Waals surface area contributed by atoms with Crippen LogP contribution in [-0.2, 0) is 0 Å². The summed E-state index contributed by atoms with van der Waals surface area (Å²) in [6.45, 7) is 1.12. The molecule has 7 heteroatoms. The van der Waals surface area contributed by atoms with Crippen molar-refractivity contribution in [2.45, 2.75) is 0 Å². The maximum Gasteiger partial charge on any atom is 0.251 e. The van der Waals surface area contributed by atoms with Crippen LogP contribution in [0.1, 0.15) is 10.4 Å². The van der Waals surface area contributed by atoms with Crippen molar-refractivity contribution < 1.29 is 9.53 Å². The average molecular weight is 478 g/mol. The molecule has 5 rings (SSSR count). The van der Waals surface area contributed by atoms with E-state index in [1.54, 1.807) is 23.9 Å². The minimum atomic E-state index is -0.131. The van der Waals surface area contributed by atoms with E-state index in [0.29, 0.717) is 24.5 Å². The maximum absolute atomic E-state index is 12.6. The predicted octanol–water partition coefficient (Wildman–Crippen LogP) is 5.13. The Balaban J connectivity index is 1.19. The van der Waals surface area contributed by atoms with Crippen LogP contribution in [0.3, 0.4) is 0 Å². The van der Waals surface area contributed by atoms with E-state index in [-0.39, 0.29) is 5.91 Å². The van der Waals surface area contributed by atoms with Gasteiger partial charge in [-0.05, 0) is 60.0 Å². The molecule has 4 aromatic carbocycles. The third kappa shape index (κ3) is 4.86. The highest BCUT2D eigenvalue weighted by Crippen LogP contribution is 2.25. The Bertz CT molecular complexity index is 1490. The Kier molecular flexibility index (Phi) is 6.53. The smallest absolute Gasteiger partial charge is 0.251 e. The van der Waals surface area contributed by atoms with Gasteiger partial charge in [0.1, 0.15) is 11.6 Å². The van der Waals surface area contributed by atoms with Gasteiger partial charge in [-0.15, -0.1) is 0 Å². The zero-order valence-corrected chi connectivity index (χ0v) is 19.9. The summed E-state index contributed by atoms with van der Waals surface area (Å²) in [6, 6.07) is 31.1. The number of methoxy groups -OCH3 is 1. The molecule has 1 heterocycles. The van der Waals surface area contributed by atoms with Crippen molar-refractivity contribution in [2.24, 2.45) is 0 Å². The SMILES string of the molecule is COc1ccc(-c2cc(N)n(-c3ccc(C(=O)NCCNc4cccc5ccccc45)cc3)n2)cc1. The Labute approximate surface area is 209 Å². The number of amides is 1.